The maximum atomic E-state index is 9.68. The molecule has 0 saturated heterocycles. The average molecular weight is 1660 g/mol. The van der Waals surface area contributed by atoms with Crippen LogP contribution in [-0.4, -0.2) is 152 Å². The topological polar surface area (TPSA) is 413 Å². The number of benzene rings is 2. The van der Waals surface area contributed by atoms with Crippen LogP contribution in [-0.2, 0) is 4.79 Å². The number of halogens is 6. The fourth-order valence-corrected chi connectivity index (χ4v) is 9.80. The quantitative estimate of drug-likeness (QED) is 0.0462. The minimum absolute atomic E-state index is 0.0201. The van der Waals surface area contributed by atoms with Crippen molar-refractivity contribution in [1.29, 1.82) is 0 Å². The van der Waals surface area contributed by atoms with Gasteiger partial charge in [-0.2, -0.15) is 30.4 Å². The summed E-state index contributed by atoms with van der Waals surface area (Å²) in [5.74, 6) is 0.543. The summed E-state index contributed by atoms with van der Waals surface area (Å²) in [5, 5.41) is 61.2. The number of ketones is 1. The molecular weight excluding hydrogens is 1590 g/mol. The van der Waals surface area contributed by atoms with E-state index in [0.29, 0.717) is 59.6 Å². The third-order valence-corrected chi connectivity index (χ3v) is 17.0. The number of pyridine rings is 3. The number of hydrogen-bond acceptors (Lipinski definition) is 25. The number of fused-ring (bicyclic) bond motifs is 6. The Hall–Kier alpha value is -10.4. The number of hydrogen-bond donors (Lipinski definition) is 7. The van der Waals surface area contributed by atoms with Crippen LogP contribution in [0.5, 0.6) is 0 Å². The van der Waals surface area contributed by atoms with Gasteiger partial charge in [-0.3, -0.25) is 19.7 Å². The van der Waals surface area contributed by atoms with Crippen LogP contribution in [0.1, 0.15) is 57.4 Å². The molecule has 14 aromatic heterocycles. The number of oxazole rings is 2. The first-order chi connectivity index (χ1) is 50.7. The zero-order valence-corrected chi connectivity index (χ0v) is 64.6. The van der Waals surface area contributed by atoms with Crippen molar-refractivity contribution in [3.63, 3.8) is 0 Å². The van der Waals surface area contributed by atoms with Crippen molar-refractivity contribution >= 4 is 175 Å². The summed E-state index contributed by atoms with van der Waals surface area (Å²) in [6, 6.07) is 39.9. The van der Waals surface area contributed by atoms with Gasteiger partial charge in [0.1, 0.15) is 49.6 Å². The number of carbonyl (C=O) groups excluding carboxylic acids is 1. The third-order valence-electron chi connectivity index (χ3n) is 14.6. The molecule has 0 bridgehead atoms. The molecule has 0 unspecified atom stereocenters. The minimum Gasteiger partial charge on any atom is -0.424 e. The standard InChI is InChI=1S/C19H14N6O.C12H9ClN4.C7H5BN2O.C7H5ClIN3.C7H6ClN3.C6H14O2.C5H6BNO2.C4H4ClN3.C3H5ClO/c1-11-18(12-6-8-21-9-7-12)25-17(22-11)5-3-14(24-25)13-2-4-16-15(10-13)23-19(20)26-16;1-8-12(9-4-6-14-7-5-9)17-11(15-8)3-2-10(13)16-17;8-4-1-2-6-5(3-4)10-7(9)11-6;1-4-7(9)12-6(10-4)3-2-5(8)11-12;1-5-4-11-7(9-5)3-2-6(8)10-11;1-5(2,7)6(3,4)8;8-6(9)5-1-3-7-4-2-5;5-3-1-2-4(6)8-7-3;1-3(5)2-4/h2-10H,1H3,(H2,20,23);2-7H,1H3;1-3H,(H2,9,10);2-3H,1H3;2-4H,1H3;7-8H,1-4H3;1-4,8-9H;1-2H,(H2,6,8);2H2,1H3. The summed E-state index contributed by atoms with van der Waals surface area (Å²) in [4.78, 5) is 47.1. The monoisotopic (exact) mass is 1650 g/mol. The molecule has 0 atom stereocenters. The number of nitrogens with two attached hydrogens (primary N) is 3. The summed E-state index contributed by atoms with van der Waals surface area (Å²) in [6.45, 7) is 15.6. The van der Waals surface area contributed by atoms with Crippen LogP contribution in [0, 0.1) is 31.4 Å². The second kappa shape index (κ2) is 37.7. The van der Waals surface area contributed by atoms with Crippen LogP contribution < -0.4 is 28.1 Å². The van der Waals surface area contributed by atoms with E-state index in [-0.39, 0.29) is 23.7 Å². The van der Waals surface area contributed by atoms with Gasteiger partial charge in [0, 0.05) is 53.9 Å². The van der Waals surface area contributed by atoms with E-state index >= 15 is 0 Å². The van der Waals surface area contributed by atoms with Gasteiger partial charge in [0.05, 0.1) is 63.1 Å². The minimum atomic E-state index is -1.38. The molecule has 107 heavy (non-hydrogen) atoms. The molecule has 16 rings (SSSR count). The predicted molar refractivity (Wildman–Crippen MR) is 426 cm³/mol. The number of alkyl halides is 1. The predicted octanol–water partition coefficient (Wildman–Crippen LogP) is 11.2. The van der Waals surface area contributed by atoms with E-state index in [2.05, 4.69) is 92.9 Å². The van der Waals surface area contributed by atoms with Crippen molar-refractivity contribution in [3.8, 4) is 33.8 Å². The van der Waals surface area contributed by atoms with Gasteiger partial charge < -0.3 is 46.3 Å². The van der Waals surface area contributed by atoms with Crippen molar-refractivity contribution in [1.82, 2.24) is 93.5 Å². The van der Waals surface area contributed by atoms with Crippen molar-refractivity contribution in [3.05, 3.63) is 224 Å². The van der Waals surface area contributed by atoms with Crippen molar-refractivity contribution in [2.24, 2.45) is 0 Å². The van der Waals surface area contributed by atoms with Gasteiger partial charge in [0.25, 0.3) is 12.0 Å². The number of aliphatic hydroxyl groups is 2. The number of aromatic nitrogens is 19. The molecule has 0 aliphatic rings. The van der Waals surface area contributed by atoms with Crippen LogP contribution >= 0.6 is 80.6 Å². The van der Waals surface area contributed by atoms with Crippen LogP contribution in [0.15, 0.2) is 186 Å². The molecule has 0 fully saturated rings. The van der Waals surface area contributed by atoms with E-state index in [1.54, 1.807) is 127 Å². The van der Waals surface area contributed by atoms with Crippen molar-refractivity contribution < 1.29 is 33.9 Å². The molecule has 29 nitrogen and oxygen atoms in total. The molecule has 2 aromatic carbocycles. The average Bonchev–Trinajstić information content (AvgIpc) is 1.65. The van der Waals surface area contributed by atoms with E-state index in [9.17, 15) is 4.79 Å². The molecule has 0 aliphatic heterocycles. The Morgan fingerprint density at radius 3 is 1.44 bits per heavy atom. The fourth-order valence-electron chi connectivity index (χ4n) is 8.80. The number of nitrogens with zero attached hydrogens (tertiary/aromatic N) is 19. The molecule has 0 amide bonds. The summed E-state index contributed by atoms with van der Waals surface area (Å²) in [5.41, 5.74) is 30.7. The van der Waals surface area contributed by atoms with Gasteiger partial charge >= 0.3 is 7.12 Å². The van der Waals surface area contributed by atoms with Gasteiger partial charge in [-0.15, -0.1) is 21.8 Å². The number of rotatable bonds is 6. The van der Waals surface area contributed by atoms with Crippen LogP contribution in [0.3, 0.4) is 0 Å². The van der Waals surface area contributed by atoms with Gasteiger partial charge in [-0.25, -0.2) is 38.0 Å². The fraction of sp³-hybridized carbons (Fsp3) is 0.171. The Bertz CT molecular complexity index is 5480. The highest BCUT2D eigenvalue weighted by Crippen LogP contribution is 2.29. The van der Waals surface area contributed by atoms with E-state index in [4.69, 9.17) is 117 Å². The van der Waals surface area contributed by atoms with E-state index in [1.807, 2.05) is 111 Å². The number of imidazole rings is 4. The summed E-state index contributed by atoms with van der Waals surface area (Å²) < 4.78 is 18.4. The second-order valence-corrected chi connectivity index (χ2v) is 26.5. The Morgan fingerprint density at radius 1 is 0.523 bits per heavy atom. The largest absolute Gasteiger partial charge is 0.488 e. The highest BCUT2D eigenvalue weighted by molar-refractivity contribution is 14.1. The van der Waals surface area contributed by atoms with Gasteiger partial charge in [0.15, 0.2) is 38.9 Å². The number of Topliss-reactive ketones (excluding diaryl/α,β-unsaturated/α-hetero) is 1. The molecule has 37 heteroatoms. The molecule has 2 radical (unpaired) electrons. The van der Waals surface area contributed by atoms with Gasteiger partial charge in [0.2, 0.25) is 0 Å². The highest BCUT2D eigenvalue weighted by Gasteiger charge is 2.32. The molecule has 16 aromatic rings. The summed E-state index contributed by atoms with van der Waals surface area (Å²) >= 11 is 29.9. The first-order valence-electron chi connectivity index (χ1n) is 31.7. The highest BCUT2D eigenvalue weighted by atomic mass is 127. The van der Waals surface area contributed by atoms with Gasteiger partial charge in [-0.1, -0.05) is 57.9 Å². The molecule has 0 saturated carbocycles. The maximum Gasteiger partial charge on any atom is 0.488 e. The molecule has 548 valence electrons. The lowest BCUT2D eigenvalue weighted by Crippen LogP contribution is -2.44. The molecule has 14 heterocycles. The lowest BCUT2D eigenvalue weighted by molar-refractivity contribution is -0.114. The van der Waals surface area contributed by atoms with E-state index in [0.717, 1.165) is 82.8 Å². The molecular formula is C70H68B2Cl5IN22O7. The zero-order chi connectivity index (χ0) is 77.9. The van der Waals surface area contributed by atoms with E-state index in [1.165, 1.54) is 19.3 Å². The molecule has 0 spiro atoms. The van der Waals surface area contributed by atoms with Crippen LogP contribution in [0.25, 0.3) is 78.6 Å². The Labute approximate surface area is 651 Å². The maximum absolute atomic E-state index is 9.68. The van der Waals surface area contributed by atoms with Crippen LogP contribution in [0.4, 0.5) is 17.8 Å². The SMILES string of the molecule is CC(=O)CCl.CC(C)(O)C(C)(C)O.Cc1cn2nc(Cl)ccc2n1.Cc1nc2ccc(-c3ccc4oc(N)nc4c3)nn2c1-c1ccncc1.Cc1nc2ccc(Cl)nn2c1-c1ccncc1.Cc1nc2ccc(Cl)nn2c1I.Nc1ccc(Cl)nn1.OB(O)c1ccncc1.[B]c1ccc2oc(N)nc2c1. The first kappa shape index (κ1) is 82.3. The van der Waals surface area contributed by atoms with Gasteiger partial charge in [-0.05, 0) is 218 Å². The summed E-state index contributed by atoms with van der Waals surface area (Å²) in [6.07, 6.45) is 11.9. The number of carbonyl (C=O) groups is 1. The van der Waals surface area contributed by atoms with Crippen molar-refractivity contribution in [2.75, 3.05) is 23.1 Å². The van der Waals surface area contributed by atoms with Crippen molar-refractivity contribution in [2.45, 2.75) is 73.5 Å². The first-order valence-corrected chi connectivity index (χ1v) is 34.8. The number of aryl methyl sites for hydroxylation is 4. The smallest absolute Gasteiger partial charge is 0.424 e. The Balaban J connectivity index is 0.000000158. The summed E-state index contributed by atoms with van der Waals surface area (Å²) in [7, 11) is 4.13. The van der Waals surface area contributed by atoms with Crippen LogP contribution in [0.2, 0.25) is 20.6 Å². The molecule has 10 N–H and O–H groups in total. The zero-order valence-electron chi connectivity index (χ0n) is 58.6. The Kier molecular flexibility index (Phi) is 29.0. The second-order valence-electron chi connectivity index (χ2n) is 23.6. The lowest BCUT2D eigenvalue weighted by Gasteiger charge is -2.31. The van der Waals surface area contributed by atoms with E-state index < -0.39 is 18.3 Å². The Morgan fingerprint density at radius 2 is 0.963 bits per heavy atom. The third kappa shape index (κ3) is 23.6. The molecule has 0 aliphatic carbocycles. The normalized spacial score (nSPS) is 10.8. The lowest BCUT2D eigenvalue weighted by atomic mass is 9.81. The number of anilines is 3. The number of nitrogen functional groups attached to an aromatic ring is 3.